The van der Waals surface area contributed by atoms with E-state index < -0.39 is 0 Å². The summed E-state index contributed by atoms with van der Waals surface area (Å²) >= 11 is 0. The molecule has 0 saturated heterocycles. The molecule has 22 heavy (non-hydrogen) atoms. The van der Waals surface area contributed by atoms with Crippen molar-refractivity contribution in [3.63, 3.8) is 0 Å². The van der Waals surface area contributed by atoms with Crippen LogP contribution in [0, 0.1) is 4.91 Å². The second-order valence-corrected chi connectivity index (χ2v) is 4.94. The van der Waals surface area contributed by atoms with Crippen molar-refractivity contribution in [2.75, 3.05) is 24.5 Å². The van der Waals surface area contributed by atoms with Crippen LogP contribution in [0.1, 0.15) is 0 Å². The molecule has 6 nitrogen and oxygen atoms in total. The third kappa shape index (κ3) is 2.90. The number of aliphatic imine (C=N–C) groups is 1. The van der Waals surface area contributed by atoms with Crippen molar-refractivity contribution in [1.82, 2.24) is 5.01 Å². The first-order chi connectivity index (χ1) is 10.8. The van der Waals surface area contributed by atoms with E-state index in [1.807, 2.05) is 41.3 Å². The Morgan fingerprint density at radius 1 is 1.14 bits per heavy atom. The van der Waals surface area contributed by atoms with Crippen LogP contribution in [0.3, 0.4) is 0 Å². The van der Waals surface area contributed by atoms with Gasteiger partial charge < -0.3 is 10.0 Å². The van der Waals surface area contributed by atoms with Gasteiger partial charge in [0, 0.05) is 17.4 Å². The SMILES string of the molecule is O=NN1CCN=C1CN(c1ccccc1)c1cccc(O)c1. The number of nitrogens with zero attached hydrogens (tertiary/aromatic N) is 4. The van der Waals surface area contributed by atoms with Crippen LogP contribution >= 0.6 is 0 Å². The molecule has 1 heterocycles. The molecule has 0 spiro atoms. The number of nitroso groups, excluding NO2 is 1. The van der Waals surface area contributed by atoms with Crippen LogP contribution < -0.4 is 4.90 Å². The minimum atomic E-state index is 0.192. The van der Waals surface area contributed by atoms with E-state index in [1.54, 1.807) is 18.2 Å². The first-order valence-electron chi connectivity index (χ1n) is 7.03. The van der Waals surface area contributed by atoms with Crippen molar-refractivity contribution < 1.29 is 5.11 Å². The van der Waals surface area contributed by atoms with Crippen LogP contribution in [0.2, 0.25) is 0 Å². The predicted molar refractivity (Wildman–Crippen MR) is 86.4 cm³/mol. The number of hydrogen-bond donors (Lipinski definition) is 1. The first kappa shape index (κ1) is 14.1. The molecule has 2 aromatic rings. The Kier molecular flexibility index (Phi) is 4.00. The molecule has 0 unspecified atom stereocenters. The van der Waals surface area contributed by atoms with Gasteiger partial charge in [0.25, 0.3) is 0 Å². The molecule has 3 rings (SSSR count). The van der Waals surface area contributed by atoms with Crippen LogP contribution in [0.4, 0.5) is 11.4 Å². The van der Waals surface area contributed by atoms with E-state index in [9.17, 15) is 10.0 Å². The highest BCUT2D eigenvalue weighted by atomic mass is 16.3. The number of phenolic OH excluding ortho intramolecular Hbond substituents is 1. The molecular formula is C16H16N4O2. The summed E-state index contributed by atoms with van der Waals surface area (Å²) in [4.78, 5) is 17.2. The maximum Gasteiger partial charge on any atom is 0.143 e. The van der Waals surface area contributed by atoms with Gasteiger partial charge in [-0.15, -0.1) is 4.91 Å². The van der Waals surface area contributed by atoms with Crippen LogP contribution in [0.5, 0.6) is 5.75 Å². The number of amidine groups is 1. The summed E-state index contributed by atoms with van der Waals surface area (Å²) in [6.07, 6.45) is 0. The fraction of sp³-hybridized carbons (Fsp3) is 0.188. The molecule has 0 saturated carbocycles. The fourth-order valence-corrected chi connectivity index (χ4v) is 2.45. The number of phenols is 1. The third-order valence-electron chi connectivity index (χ3n) is 3.51. The van der Waals surface area contributed by atoms with E-state index in [0.717, 1.165) is 11.4 Å². The summed E-state index contributed by atoms with van der Waals surface area (Å²) in [5, 5.41) is 14.1. The Balaban J connectivity index is 1.95. The molecule has 6 heteroatoms. The summed E-state index contributed by atoms with van der Waals surface area (Å²) in [7, 11) is 0. The van der Waals surface area contributed by atoms with Gasteiger partial charge in [0.05, 0.1) is 24.9 Å². The van der Waals surface area contributed by atoms with Crippen molar-refractivity contribution in [2.45, 2.75) is 0 Å². The minimum Gasteiger partial charge on any atom is -0.508 e. The van der Waals surface area contributed by atoms with Crippen LogP contribution in [0.25, 0.3) is 0 Å². The van der Waals surface area contributed by atoms with E-state index in [4.69, 9.17) is 0 Å². The predicted octanol–water partition coefficient (Wildman–Crippen LogP) is 2.93. The van der Waals surface area contributed by atoms with Crippen LogP contribution in [-0.2, 0) is 0 Å². The smallest absolute Gasteiger partial charge is 0.143 e. The lowest BCUT2D eigenvalue weighted by Gasteiger charge is -2.26. The number of benzene rings is 2. The van der Waals surface area contributed by atoms with Crippen LogP contribution in [-0.4, -0.2) is 35.6 Å². The largest absolute Gasteiger partial charge is 0.508 e. The Bertz CT molecular complexity index is 688. The van der Waals surface area contributed by atoms with Gasteiger partial charge in [-0.25, -0.2) is 5.01 Å². The molecule has 0 aromatic heterocycles. The zero-order valence-corrected chi connectivity index (χ0v) is 12.0. The molecule has 1 aliphatic heterocycles. The Morgan fingerprint density at radius 2 is 1.91 bits per heavy atom. The molecule has 0 bridgehead atoms. The third-order valence-corrected chi connectivity index (χ3v) is 3.51. The lowest BCUT2D eigenvalue weighted by molar-refractivity contribution is 0.474. The number of hydrogen-bond acceptors (Lipinski definition) is 5. The molecular weight excluding hydrogens is 280 g/mol. The summed E-state index contributed by atoms with van der Waals surface area (Å²) < 4.78 is 0. The number of aromatic hydroxyl groups is 1. The van der Waals surface area contributed by atoms with E-state index in [1.165, 1.54) is 5.01 Å². The Labute approximate surface area is 128 Å². The average molecular weight is 296 g/mol. The van der Waals surface area contributed by atoms with Gasteiger partial charge in [0.15, 0.2) is 0 Å². The number of para-hydroxylation sites is 1. The van der Waals surface area contributed by atoms with E-state index in [2.05, 4.69) is 10.3 Å². The topological polar surface area (TPSA) is 68.5 Å². The van der Waals surface area contributed by atoms with Gasteiger partial charge in [0.1, 0.15) is 11.6 Å². The van der Waals surface area contributed by atoms with Crippen molar-refractivity contribution in [3.8, 4) is 5.75 Å². The highest BCUT2D eigenvalue weighted by Gasteiger charge is 2.21. The van der Waals surface area contributed by atoms with Gasteiger partial charge >= 0.3 is 0 Å². The van der Waals surface area contributed by atoms with Gasteiger partial charge in [-0.2, -0.15) is 0 Å². The van der Waals surface area contributed by atoms with Gasteiger partial charge in [-0.05, 0) is 24.3 Å². The molecule has 0 radical (unpaired) electrons. The lowest BCUT2D eigenvalue weighted by Crippen LogP contribution is -2.33. The van der Waals surface area contributed by atoms with E-state index >= 15 is 0 Å². The van der Waals surface area contributed by atoms with Crippen molar-refractivity contribution >= 4 is 17.2 Å². The standard InChI is InChI=1S/C16H16N4O2/c21-15-8-4-7-14(11-15)19(13-5-2-1-3-6-13)12-16-17-9-10-20(16)18-22/h1-8,11,21H,9-10,12H2. The Hall–Kier alpha value is -2.89. The maximum atomic E-state index is 10.9. The minimum absolute atomic E-state index is 0.192. The molecule has 0 amide bonds. The molecule has 1 aliphatic rings. The summed E-state index contributed by atoms with van der Waals surface area (Å²) in [5.74, 6) is 0.819. The fourth-order valence-electron chi connectivity index (χ4n) is 2.45. The van der Waals surface area contributed by atoms with E-state index in [0.29, 0.717) is 25.5 Å². The molecule has 0 fully saturated rings. The highest BCUT2D eigenvalue weighted by molar-refractivity contribution is 5.90. The van der Waals surface area contributed by atoms with E-state index in [-0.39, 0.29) is 5.75 Å². The zero-order valence-electron chi connectivity index (χ0n) is 12.0. The van der Waals surface area contributed by atoms with Crippen molar-refractivity contribution in [2.24, 2.45) is 10.3 Å². The second kappa shape index (κ2) is 6.26. The molecule has 0 aliphatic carbocycles. The Morgan fingerprint density at radius 3 is 2.64 bits per heavy atom. The highest BCUT2D eigenvalue weighted by Crippen LogP contribution is 2.28. The molecule has 1 N–H and O–H groups in total. The molecule has 2 aromatic carbocycles. The summed E-state index contributed by atoms with van der Waals surface area (Å²) in [5.41, 5.74) is 1.78. The average Bonchev–Trinajstić information content (AvgIpc) is 3.00. The molecule has 0 atom stereocenters. The zero-order chi connectivity index (χ0) is 15.4. The summed E-state index contributed by atoms with van der Waals surface area (Å²) in [6.45, 7) is 1.50. The van der Waals surface area contributed by atoms with Crippen molar-refractivity contribution in [1.29, 1.82) is 0 Å². The lowest BCUT2D eigenvalue weighted by atomic mass is 10.2. The van der Waals surface area contributed by atoms with Gasteiger partial charge in [-0.3, -0.25) is 4.99 Å². The van der Waals surface area contributed by atoms with Gasteiger partial charge in [0.2, 0.25) is 0 Å². The quantitative estimate of drug-likeness (QED) is 0.861. The van der Waals surface area contributed by atoms with Crippen molar-refractivity contribution in [3.05, 3.63) is 59.5 Å². The van der Waals surface area contributed by atoms with Gasteiger partial charge in [-0.1, -0.05) is 24.3 Å². The molecule has 112 valence electrons. The van der Waals surface area contributed by atoms with Crippen LogP contribution in [0.15, 0.2) is 64.9 Å². The monoisotopic (exact) mass is 296 g/mol. The summed E-state index contributed by atoms with van der Waals surface area (Å²) in [6, 6.07) is 16.8. The second-order valence-electron chi connectivity index (χ2n) is 4.94. The maximum absolute atomic E-state index is 10.9. The number of rotatable bonds is 5. The first-order valence-corrected chi connectivity index (χ1v) is 7.03. The normalized spacial score (nSPS) is 13.8. The number of anilines is 2.